The largest absolute Gasteiger partial charge is 0.456 e. The molecule has 258 valence electrons. The highest BCUT2D eigenvalue weighted by atomic mass is 16.3. The lowest BCUT2D eigenvalue weighted by Crippen LogP contribution is -2.34. The summed E-state index contributed by atoms with van der Waals surface area (Å²) in [6.07, 6.45) is 2.40. The summed E-state index contributed by atoms with van der Waals surface area (Å²) in [6, 6.07) is 43.4. The number of para-hydroxylation sites is 1. The molecule has 0 radical (unpaired) electrons. The third kappa shape index (κ3) is 4.13. The van der Waals surface area contributed by atoms with E-state index in [0.29, 0.717) is 0 Å². The zero-order valence-electron chi connectivity index (χ0n) is 31.7. The van der Waals surface area contributed by atoms with Gasteiger partial charge in [-0.1, -0.05) is 128 Å². The zero-order valence-corrected chi connectivity index (χ0v) is 31.7. The van der Waals surface area contributed by atoms with Gasteiger partial charge in [-0.25, -0.2) is 0 Å². The van der Waals surface area contributed by atoms with Gasteiger partial charge in [-0.05, 0) is 116 Å². The number of nitrogens with zero attached hydrogens (tertiary/aromatic N) is 1. The normalized spacial score (nSPS) is 18.1. The highest BCUT2D eigenvalue weighted by Gasteiger charge is 2.45. The van der Waals surface area contributed by atoms with Crippen LogP contribution in [0, 0.1) is 0 Å². The number of fused-ring (bicyclic) bond motifs is 10. The van der Waals surface area contributed by atoms with Crippen LogP contribution in [0.1, 0.15) is 102 Å². The minimum atomic E-state index is -0.184. The first-order chi connectivity index (χ1) is 24.8. The fourth-order valence-electron chi connectivity index (χ4n) is 10.3. The quantitative estimate of drug-likeness (QED) is 0.185. The molecular formula is C50H47NO. The molecule has 1 heterocycles. The van der Waals surface area contributed by atoms with Crippen molar-refractivity contribution in [1.82, 2.24) is 0 Å². The van der Waals surface area contributed by atoms with Crippen LogP contribution in [0.5, 0.6) is 0 Å². The van der Waals surface area contributed by atoms with E-state index in [9.17, 15) is 0 Å². The molecule has 6 aromatic carbocycles. The topological polar surface area (TPSA) is 16.4 Å². The Hall–Kier alpha value is -5.08. The standard InChI is InChI=1S/C50H47NO/c1-47(2)25-26-48(3,4)40-29-38-35(28-39(40)47)45-37(49(38,5)6)19-14-20-41(45)51(30-23-24-44-34(27-30)32-16-10-12-22-43(32)52-44)42-21-13-17-33-31-15-9-11-18-36(31)50(7,8)46(33)42/h9-24,27-29H,25-26H2,1-8H3. The van der Waals surface area contributed by atoms with E-state index >= 15 is 0 Å². The van der Waals surface area contributed by atoms with Gasteiger partial charge in [0.05, 0.1) is 11.4 Å². The molecule has 0 N–H and O–H groups in total. The average Bonchev–Trinajstić information content (AvgIpc) is 3.70. The van der Waals surface area contributed by atoms with Gasteiger partial charge >= 0.3 is 0 Å². The molecule has 0 bridgehead atoms. The monoisotopic (exact) mass is 677 g/mol. The Morgan fingerprint density at radius 3 is 1.90 bits per heavy atom. The van der Waals surface area contributed by atoms with Crippen LogP contribution in [0.3, 0.4) is 0 Å². The van der Waals surface area contributed by atoms with Crippen molar-refractivity contribution in [2.75, 3.05) is 4.90 Å². The summed E-state index contributed by atoms with van der Waals surface area (Å²) in [5, 5.41) is 2.28. The molecule has 0 spiro atoms. The van der Waals surface area contributed by atoms with E-state index in [4.69, 9.17) is 4.42 Å². The van der Waals surface area contributed by atoms with Crippen LogP contribution in [-0.4, -0.2) is 0 Å². The number of hydrogen-bond donors (Lipinski definition) is 0. The van der Waals surface area contributed by atoms with E-state index in [1.165, 1.54) is 79.9 Å². The first kappa shape index (κ1) is 31.6. The number of hydrogen-bond acceptors (Lipinski definition) is 2. The summed E-state index contributed by atoms with van der Waals surface area (Å²) in [5.41, 5.74) is 19.4. The van der Waals surface area contributed by atoms with Crippen molar-refractivity contribution in [2.24, 2.45) is 0 Å². The van der Waals surface area contributed by atoms with Gasteiger partial charge in [0.15, 0.2) is 0 Å². The highest BCUT2D eigenvalue weighted by Crippen LogP contribution is 2.60. The molecular weight excluding hydrogens is 631 g/mol. The number of anilines is 3. The smallest absolute Gasteiger partial charge is 0.135 e. The molecule has 3 aliphatic carbocycles. The Bertz CT molecular complexity index is 2640. The van der Waals surface area contributed by atoms with Crippen molar-refractivity contribution < 1.29 is 4.42 Å². The van der Waals surface area contributed by atoms with Gasteiger partial charge in [-0.3, -0.25) is 0 Å². The summed E-state index contributed by atoms with van der Waals surface area (Å²) in [4.78, 5) is 2.58. The van der Waals surface area contributed by atoms with Crippen LogP contribution in [-0.2, 0) is 21.7 Å². The van der Waals surface area contributed by atoms with Crippen LogP contribution in [0.2, 0.25) is 0 Å². The van der Waals surface area contributed by atoms with Crippen molar-refractivity contribution in [3.63, 3.8) is 0 Å². The number of rotatable bonds is 3. The van der Waals surface area contributed by atoms with E-state index < -0.39 is 0 Å². The summed E-state index contributed by atoms with van der Waals surface area (Å²) >= 11 is 0. The molecule has 7 aromatic rings. The van der Waals surface area contributed by atoms with Crippen molar-refractivity contribution in [1.29, 1.82) is 0 Å². The number of furan rings is 1. The summed E-state index contributed by atoms with van der Waals surface area (Å²) in [6.45, 7) is 19.5. The Morgan fingerprint density at radius 1 is 0.462 bits per heavy atom. The first-order valence-electron chi connectivity index (χ1n) is 19.1. The maximum atomic E-state index is 6.37. The summed E-state index contributed by atoms with van der Waals surface area (Å²) in [7, 11) is 0. The number of benzene rings is 6. The van der Waals surface area contributed by atoms with Crippen LogP contribution in [0.25, 0.3) is 44.2 Å². The fraction of sp³-hybridized carbons (Fsp3) is 0.280. The third-order valence-electron chi connectivity index (χ3n) is 13.3. The second-order valence-corrected chi connectivity index (χ2v) is 18.0. The van der Waals surface area contributed by atoms with Crippen molar-refractivity contribution >= 4 is 39.0 Å². The summed E-state index contributed by atoms with van der Waals surface area (Å²) < 4.78 is 6.37. The van der Waals surface area contributed by atoms with E-state index in [0.717, 1.165) is 27.6 Å². The van der Waals surface area contributed by atoms with Gasteiger partial charge in [0.1, 0.15) is 11.2 Å². The van der Waals surface area contributed by atoms with Gasteiger partial charge in [-0.15, -0.1) is 0 Å². The Kier molecular flexibility index (Phi) is 6.26. The van der Waals surface area contributed by atoms with Crippen LogP contribution in [0.15, 0.2) is 120 Å². The highest BCUT2D eigenvalue weighted by molar-refractivity contribution is 6.07. The first-order valence-corrected chi connectivity index (χ1v) is 19.1. The Morgan fingerprint density at radius 2 is 1.10 bits per heavy atom. The fourth-order valence-corrected chi connectivity index (χ4v) is 10.3. The molecule has 0 saturated heterocycles. The van der Waals surface area contributed by atoms with E-state index in [1.807, 2.05) is 0 Å². The van der Waals surface area contributed by atoms with E-state index in [2.05, 4.69) is 176 Å². The van der Waals surface area contributed by atoms with Crippen molar-refractivity contribution in [3.8, 4) is 22.3 Å². The molecule has 2 nitrogen and oxygen atoms in total. The molecule has 2 heteroatoms. The van der Waals surface area contributed by atoms with Gasteiger partial charge in [-0.2, -0.15) is 0 Å². The molecule has 0 saturated carbocycles. The van der Waals surface area contributed by atoms with Gasteiger partial charge in [0, 0.05) is 32.9 Å². The molecule has 0 unspecified atom stereocenters. The third-order valence-corrected chi connectivity index (χ3v) is 13.3. The van der Waals surface area contributed by atoms with Crippen molar-refractivity contribution in [2.45, 2.75) is 89.9 Å². The molecule has 0 atom stereocenters. The molecule has 0 amide bonds. The minimum Gasteiger partial charge on any atom is -0.456 e. The van der Waals surface area contributed by atoms with Gasteiger partial charge in [0.25, 0.3) is 0 Å². The predicted octanol–water partition coefficient (Wildman–Crippen LogP) is 14.0. The Labute approximate surface area is 308 Å². The zero-order chi connectivity index (χ0) is 35.9. The summed E-state index contributed by atoms with van der Waals surface area (Å²) in [5.74, 6) is 0. The van der Waals surface area contributed by atoms with Crippen molar-refractivity contribution in [3.05, 3.63) is 149 Å². The molecule has 1 aromatic heterocycles. The maximum absolute atomic E-state index is 6.37. The lowest BCUT2D eigenvalue weighted by Gasteiger charge is -2.42. The molecule has 3 aliphatic rings. The van der Waals surface area contributed by atoms with E-state index in [1.54, 1.807) is 0 Å². The van der Waals surface area contributed by atoms with Gasteiger partial charge in [0.2, 0.25) is 0 Å². The van der Waals surface area contributed by atoms with Crippen LogP contribution < -0.4 is 4.90 Å². The second-order valence-electron chi connectivity index (χ2n) is 18.0. The molecule has 0 fully saturated rings. The second kappa shape index (κ2) is 10.3. The van der Waals surface area contributed by atoms with Crippen LogP contribution in [0.4, 0.5) is 17.1 Å². The van der Waals surface area contributed by atoms with Gasteiger partial charge < -0.3 is 9.32 Å². The lowest BCUT2D eigenvalue weighted by atomic mass is 9.62. The Balaban J connectivity index is 1.30. The lowest BCUT2D eigenvalue weighted by molar-refractivity contribution is 0.331. The molecule has 10 rings (SSSR count). The maximum Gasteiger partial charge on any atom is 0.135 e. The average molecular weight is 678 g/mol. The predicted molar refractivity (Wildman–Crippen MR) is 219 cm³/mol. The SMILES string of the molecule is CC1(C)CCC(C)(C)c2cc3c(cc21)-c1c(N(c2ccc4oc5ccccc5c4c2)c2cccc4c2C(C)(C)c2ccccc2-4)cccc1C3(C)C. The van der Waals surface area contributed by atoms with E-state index in [-0.39, 0.29) is 21.7 Å². The van der Waals surface area contributed by atoms with Crippen LogP contribution >= 0.6 is 0 Å². The molecule has 0 aliphatic heterocycles. The molecule has 52 heavy (non-hydrogen) atoms. The minimum absolute atomic E-state index is 0.116.